The summed E-state index contributed by atoms with van der Waals surface area (Å²) < 4.78 is 0. The molecule has 8 nitrogen and oxygen atoms in total. The van der Waals surface area contributed by atoms with Crippen LogP contribution in [0.3, 0.4) is 0 Å². The molecule has 148 valence electrons. The highest BCUT2D eigenvalue weighted by Crippen LogP contribution is 2.19. The first-order valence-corrected chi connectivity index (χ1v) is 8.97. The molecule has 0 radical (unpaired) electrons. The second-order valence-electron chi connectivity index (χ2n) is 6.20. The molecule has 0 atom stereocenters. The van der Waals surface area contributed by atoms with Gasteiger partial charge in [0.25, 0.3) is 5.91 Å². The molecule has 0 unspecified atom stereocenters. The molecule has 0 aliphatic heterocycles. The fraction of sp³-hybridized carbons (Fsp3) is 0. The summed E-state index contributed by atoms with van der Waals surface area (Å²) in [5.41, 5.74) is 11.1. The SMILES string of the molecule is N#C/C(=N\Nc1cccc(C(=O)Nc2ccc(Nc3ccccc3)cc2)c1)C(=N)N. The first kappa shape index (κ1) is 20.1. The Morgan fingerprint density at radius 3 is 2.20 bits per heavy atom. The number of nitriles is 1. The molecule has 0 fully saturated rings. The molecule has 3 aromatic carbocycles. The van der Waals surface area contributed by atoms with Gasteiger partial charge in [-0.25, -0.2) is 0 Å². The third-order valence-electron chi connectivity index (χ3n) is 3.99. The van der Waals surface area contributed by atoms with Crippen LogP contribution in [0, 0.1) is 16.7 Å². The Morgan fingerprint density at radius 1 is 0.900 bits per heavy atom. The predicted octanol–water partition coefficient (Wildman–Crippen LogP) is 3.91. The molecule has 0 bridgehead atoms. The number of hydrogen-bond donors (Lipinski definition) is 5. The number of carbonyl (C=O) groups is 1. The number of rotatable bonds is 7. The normalized spacial score (nSPS) is 10.6. The van der Waals surface area contributed by atoms with Gasteiger partial charge in [-0.05, 0) is 54.6 Å². The Morgan fingerprint density at radius 2 is 1.53 bits per heavy atom. The number of nitrogens with one attached hydrogen (secondary N) is 4. The molecule has 30 heavy (non-hydrogen) atoms. The van der Waals surface area contributed by atoms with E-state index in [0.29, 0.717) is 16.9 Å². The fourth-order valence-corrected chi connectivity index (χ4v) is 2.52. The molecule has 0 aliphatic rings. The number of para-hydroxylation sites is 1. The zero-order valence-electron chi connectivity index (χ0n) is 15.9. The Kier molecular flexibility index (Phi) is 6.38. The van der Waals surface area contributed by atoms with Crippen molar-refractivity contribution >= 4 is 40.2 Å². The molecule has 3 rings (SSSR count). The van der Waals surface area contributed by atoms with Gasteiger partial charge in [0.05, 0.1) is 5.69 Å². The second kappa shape index (κ2) is 9.52. The highest BCUT2D eigenvalue weighted by molar-refractivity contribution is 6.45. The maximum atomic E-state index is 12.5. The number of hydrogen-bond acceptors (Lipinski definition) is 6. The minimum absolute atomic E-state index is 0.242. The molecule has 0 saturated heterocycles. The van der Waals surface area contributed by atoms with E-state index in [1.807, 2.05) is 54.6 Å². The lowest BCUT2D eigenvalue weighted by Gasteiger charge is -2.09. The van der Waals surface area contributed by atoms with Crippen LogP contribution in [-0.2, 0) is 0 Å². The third kappa shape index (κ3) is 5.43. The van der Waals surface area contributed by atoms with Gasteiger partial charge < -0.3 is 16.4 Å². The van der Waals surface area contributed by atoms with Crippen LogP contribution in [0.1, 0.15) is 10.4 Å². The van der Waals surface area contributed by atoms with Crippen molar-refractivity contribution < 1.29 is 4.79 Å². The number of carbonyl (C=O) groups excluding carboxylic acids is 1. The Labute approximate surface area is 173 Å². The largest absolute Gasteiger partial charge is 0.382 e. The first-order chi connectivity index (χ1) is 14.5. The molecule has 0 aromatic heterocycles. The van der Waals surface area contributed by atoms with Crippen molar-refractivity contribution in [2.24, 2.45) is 10.8 Å². The van der Waals surface area contributed by atoms with E-state index in [4.69, 9.17) is 16.4 Å². The first-order valence-electron chi connectivity index (χ1n) is 8.97. The summed E-state index contributed by atoms with van der Waals surface area (Å²) in [7, 11) is 0. The quantitative estimate of drug-likeness (QED) is 0.234. The molecule has 8 heteroatoms. The van der Waals surface area contributed by atoms with Crippen LogP contribution in [-0.4, -0.2) is 17.5 Å². The monoisotopic (exact) mass is 397 g/mol. The Bertz CT molecular complexity index is 1120. The van der Waals surface area contributed by atoms with E-state index in [0.717, 1.165) is 11.4 Å². The summed E-state index contributed by atoms with van der Waals surface area (Å²) in [6, 6.07) is 25.5. The number of amidine groups is 1. The average Bonchev–Trinajstić information content (AvgIpc) is 2.76. The number of anilines is 4. The highest BCUT2D eigenvalue weighted by Gasteiger charge is 2.08. The van der Waals surface area contributed by atoms with Gasteiger partial charge in [0.2, 0.25) is 5.71 Å². The van der Waals surface area contributed by atoms with Crippen LogP contribution < -0.4 is 21.8 Å². The van der Waals surface area contributed by atoms with E-state index >= 15 is 0 Å². The van der Waals surface area contributed by atoms with Crippen molar-refractivity contribution in [3.8, 4) is 6.07 Å². The average molecular weight is 397 g/mol. The molecule has 0 heterocycles. The summed E-state index contributed by atoms with van der Waals surface area (Å²) in [5.74, 6) is -0.734. The van der Waals surface area contributed by atoms with Crippen LogP contribution in [0.5, 0.6) is 0 Å². The Balaban J connectivity index is 1.64. The highest BCUT2D eigenvalue weighted by atomic mass is 16.1. The van der Waals surface area contributed by atoms with Crippen molar-refractivity contribution in [1.29, 1.82) is 10.7 Å². The summed E-state index contributed by atoms with van der Waals surface area (Å²) >= 11 is 0. The van der Waals surface area contributed by atoms with E-state index in [-0.39, 0.29) is 11.6 Å². The van der Waals surface area contributed by atoms with Crippen LogP contribution in [0.2, 0.25) is 0 Å². The van der Waals surface area contributed by atoms with Crippen molar-refractivity contribution in [3.63, 3.8) is 0 Å². The van der Waals surface area contributed by atoms with E-state index in [2.05, 4.69) is 21.2 Å². The Hall–Kier alpha value is -4.64. The maximum absolute atomic E-state index is 12.5. The molecule has 0 aliphatic carbocycles. The van der Waals surface area contributed by atoms with Crippen molar-refractivity contribution in [1.82, 2.24) is 0 Å². The number of hydrazone groups is 1. The zero-order chi connectivity index (χ0) is 21.3. The number of benzene rings is 3. The minimum atomic E-state index is -0.441. The standard InChI is InChI=1S/C22H19N7O/c23-14-20(21(24)25)29-28-19-8-4-5-15(13-19)22(30)27-18-11-9-17(10-12-18)26-16-6-2-1-3-7-16/h1-13,26,28H,(H3,24,25)(H,27,30)/b29-20+. The van der Waals surface area contributed by atoms with Gasteiger partial charge in [-0.1, -0.05) is 24.3 Å². The van der Waals surface area contributed by atoms with E-state index < -0.39 is 5.84 Å². The number of amides is 1. The maximum Gasteiger partial charge on any atom is 0.255 e. The molecule has 0 saturated carbocycles. The number of nitrogens with zero attached hydrogens (tertiary/aromatic N) is 2. The van der Waals surface area contributed by atoms with Gasteiger partial charge in [-0.15, -0.1) is 0 Å². The van der Waals surface area contributed by atoms with Crippen LogP contribution in [0.25, 0.3) is 0 Å². The minimum Gasteiger partial charge on any atom is -0.382 e. The molecule has 3 aromatic rings. The van der Waals surface area contributed by atoms with Crippen LogP contribution in [0.15, 0.2) is 84.0 Å². The summed E-state index contributed by atoms with van der Waals surface area (Å²) in [4.78, 5) is 12.5. The third-order valence-corrected chi connectivity index (χ3v) is 3.99. The summed E-state index contributed by atoms with van der Waals surface area (Å²) in [6.07, 6.45) is 0. The van der Waals surface area contributed by atoms with Gasteiger partial charge >= 0.3 is 0 Å². The van der Waals surface area contributed by atoms with Crippen LogP contribution in [0.4, 0.5) is 22.7 Å². The van der Waals surface area contributed by atoms with Gasteiger partial charge in [-0.2, -0.15) is 10.4 Å². The van der Waals surface area contributed by atoms with E-state index in [9.17, 15) is 4.79 Å². The fourth-order valence-electron chi connectivity index (χ4n) is 2.52. The van der Waals surface area contributed by atoms with Crippen molar-refractivity contribution in [2.45, 2.75) is 0 Å². The van der Waals surface area contributed by atoms with Crippen molar-refractivity contribution in [2.75, 3.05) is 16.1 Å². The lowest BCUT2D eigenvalue weighted by atomic mass is 10.2. The van der Waals surface area contributed by atoms with Gasteiger partial charge in [0.15, 0.2) is 5.84 Å². The molecule has 0 spiro atoms. The number of nitrogens with two attached hydrogens (primary N) is 1. The summed E-state index contributed by atoms with van der Waals surface area (Å²) in [6.45, 7) is 0. The van der Waals surface area contributed by atoms with Crippen molar-refractivity contribution in [3.05, 3.63) is 84.4 Å². The predicted molar refractivity (Wildman–Crippen MR) is 119 cm³/mol. The van der Waals surface area contributed by atoms with E-state index in [1.54, 1.807) is 30.3 Å². The topological polar surface area (TPSA) is 139 Å². The zero-order valence-corrected chi connectivity index (χ0v) is 15.9. The lowest BCUT2D eigenvalue weighted by molar-refractivity contribution is 0.102. The second-order valence-corrected chi connectivity index (χ2v) is 6.20. The van der Waals surface area contributed by atoms with Gasteiger partial charge in [0.1, 0.15) is 6.07 Å². The molecular weight excluding hydrogens is 378 g/mol. The van der Waals surface area contributed by atoms with E-state index in [1.165, 1.54) is 0 Å². The van der Waals surface area contributed by atoms with Gasteiger partial charge in [0, 0.05) is 22.6 Å². The lowest BCUT2D eigenvalue weighted by Crippen LogP contribution is -2.21. The van der Waals surface area contributed by atoms with Crippen LogP contribution >= 0.6 is 0 Å². The smallest absolute Gasteiger partial charge is 0.255 e. The summed E-state index contributed by atoms with van der Waals surface area (Å²) in [5, 5.41) is 26.0. The molecule has 6 N–H and O–H groups in total. The van der Waals surface area contributed by atoms with Gasteiger partial charge in [-0.3, -0.25) is 15.6 Å². The molecular formula is C22H19N7O. The molecule has 1 amide bonds.